The van der Waals surface area contributed by atoms with Crippen LogP contribution >= 0.6 is 0 Å². The number of hydrogen-bond acceptors (Lipinski definition) is 4. The summed E-state index contributed by atoms with van der Waals surface area (Å²) in [5.74, 6) is 0.643. The SMILES string of the molecule is CCOc1cccn2c(C(=O)NC3CC(C)(C)NC(C)(C)C3)c(CC)nc12. The molecule has 3 heterocycles. The Kier molecular flexibility index (Phi) is 5.21. The highest BCUT2D eigenvalue weighted by atomic mass is 16.5. The van der Waals surface area contributed by atoms with Crippen molar-refractivity contribution in [2.24, 2.45) is 0 Å². The van der Waals surface area contributed by atoms with Crippen molar-refractivity contribution in [1.29, 1.82) is 0 Å². The topological polar surface area (TPSA) is 67.7 Å². The predicted molar refractivity (Wildman–Crippen MR) is 108 cm³/mol. The van der Waals surface area contributed by atoms with E-state index in [1.807, 2.05) is 36.6 Å². The van der Waals surface area contributed by atoms with Gasteiger partial charge in [0.05, 0.1) is 12.3 Å². The van der Waals surface area contributed by atoms with Gasteiger partial charge in [0.2, 0.25) is 0 Å². The fourth-order valence-corrected chi connectivity index (χ4v) is 4.52. The molecule has 0 aliphatic carbocycles. The van der Waals surface area contributed by atoms with Crippen LogP contribution in [-0.4, -0.2) is 39.0 Å². The summed E-state index contributed by atoms with van der Waals surface area (Å²) in [4.78, 5) is 17.9. The van der Waals surface area contributed by atoms with Crippen LogP contribution in [0.3, 0.4) is 0 Å². The Morgan fingerprint density at radius 2 is 1.96 bits per heavy atom. The number of rotatable bonds is 5. The van der Waals surface area contributed by atoms with Gasteiger partial charge in [-0.2, -0.15) is 0 Å². The van der Waals surface area contributed by atoms with E-state index in [2.05, 4.69) is 43.3 Å². The summed E-state index contributed by atoms with van der Waals surface area (Å²) in [6, 6.07) is 3.91. The number of amides is 1. The average molecular weight is 373 g/mol. The van der Waals surface area contributed by atoms with E-state index in [4.69, 9.17) is 4.74 Å². The molecule has 0 radical (unpaired) electrons. The fourth-order valence-electron chi connectivity index (χ4n) is 4.52. The molecule has 1 saturated heterocycles. The van der Waals surface area contributed by atoms with Crippen LogP contribution in [0.25, 0.3) is 5.65 Å². The minimum Gasteiger partial charge on any atom is -0.490 e. The number of aromatic nitrogens is 2. The minimum atomic E-state index is -0.0634. The number of nitrogens with one attached hydrogen (secondary N) is 2. The van der Waals surface area contributed by atoms with Crippen molar-refractivity contribution in [2.75, 3.05) is 6.61 Å². The van der Waals surface area contributed by atoms with Crippen molar-refractivity contribution in [3.05, 3.63) is 29.7 Å². The number of pyridine rings is 1. The van der Waals surface area contributed by atoms with E-state index in [9.17, 15) is 4.79 Å². The number of aryl methyl sites for hydroxylation is 1. The zero-order valence-electron chi connectivity index (χ0n) is 17.3. The van der Waals surface area contributed by atoms with E-state index >= 15 is 0 Å². The molecule has 27 heavy (non-hydrogen) atoms. The normalized spacial score (nSPS) is 19.2. The summed E-state index contributed by atoms with van der Waals surface area (Å²) < 4.78 is 7.55. The monoisotopic (exact) mass is 372 g/mol. The van der Waals surface area contributed by atoms with E-state index in [1.54, 1.807) is 0 Å². The Hall–Kier alpha value is -2.08. The summed E-state index contributed by atoms with van der Waals surface area (Å²) >= 11 is 0. The summed E-state index contributed by atoms with van der Waals surface area (Å²) in [6.07, 6.45) is 4.36. The molecule has 0 saturated carbocycles. The molecule has 1 aliphatic heterocycles. The van der Waals surface area contributed by atoms with Gasteiger partial charge in [0.25, 0.3) is 5.91 Å². The molecule has 0 atom stereocenters. The Bertz CT molecular complexity index is 822. The molecule has 148 valence electrons. The second-order valence-electron chi connectivity index (χ2n) is 8.73. The van der Waals surface area contributed by atoms with Crippen molar-refractivity contribution in [3.8, 4) is 5.75 Å². The molecule has 6 nitrogen and oxygen atoms in total. The van der Waals surface area contributed by atoms with Crippen molar-refractivity contribution in [3.63, 3.8) is 0 Å². The number of nitrogens with zero attached hydrogens (tertiary/aromatic N) is 2. The lowest BCUT2D eigenvalue weighted by Gasteiger charge is -2.46. The third kappa shape index (κ3) is 4.10. The van der Waals surface area contributed by atoms with Crippen LogP contribution in [-0.2, 0) is 6.42 Å². The molecule has 3 rings (SSSR count). The first-order valence-electron chi connectivity index (χ1n) is 9.88. The van der Waals surface area contributed by atoms with Crippen molar-refractivity contribution in [1.82, 2.24) is 20.0 Å². The van der Waals surface area contributed by atoms with Gasteiger partial charge in [0, 0.05) is 23.3 Å². The van der Waals surface area contributed by atoms with Crippen molar-refractivity contribution in [2.45, 2.75) is 77.9 Å². The minimum absolute atomic E-state index is 0.0189. The van der Waals surface area contributed by atoms with Gasteiger partial charge in [-0.15, -0.1) is 0 Å². The maximum absolute atomic E-state index is 13.2. The highest BCUT2D eigenvalue weighted by molar-refractivity contribution is 5.95. The van der Waals surface area contributed by atoms with Crippen LogP contribution in [0.1, 0.15) is 70.6 Å². The number of piperidine rings is 1. The molecule has 0 spiro atoms. The summed E-state index contributed by atoms with van der Waals surface area (Å²) in [6.45, 7) is 13.3. The van der Waals surface area contributed by atoms with Crippen LogP contribution in [0.5, 0.6) is 5.75 Å². The molecule has 2 aromatic heterocycles. The maximum atomic E-state index is 13.2. The lowest BCUT2D eigenvalue weighted by atomic mass is 9.79. The zero-order chi connectivity index (χ0) is 19.8. The van der Waals surface area contributed by atoms with E-state index in [0.717, 1.165) is 18.5 Å². The maximum Gasteiger partial charge on any atom is 0.270 e. The number of ether oxygens (including phenoxy) is 1. The van der Waals surface area contributed by atoms with Crippen LogP contribution in [0, 0.1) is 0 Å². The van der Waals surface area contributed by atoms with Gasteiger partial charge in [-0.25, -0.2) is 4.98 Å². The molecule has 6 heteroatoms. The standard InChI is InChI=1S/C21H32N4O2/c1-7-15-17(25-11-9-10-16(27-8-2)18(25)23-15)19(26)22-14-12-20(3,4)24-21(5,6)13-14/h9-11,14,24H,7-8,12-13H2,1-6H3,(H,22,26). The lowest BCUT2D eigenvalue weighted by molar-refractivity contribution is 0.0866. The van der Waals surface area contributed by atoms with E-state index in [0.29, 0.717) is 30.1 Å². The highest BCUT2D eigenvalue weighted by Gasteiger charge is 2.38. The van der Waals surface area contributed by atoms with Gasteiger partial charge in [-0.05, 0) is 66.0 Å². The van der Waals surface area contributed by atoms with Crippen LogP contribution in [0.4, 0.5) is 0 Å². The summed E-state index contributed by atoms with van der Waals surface area (Å²) in [5, 5.41) is 6.93. The van der Waals surface area contributed by atoms with Gasteiger partial charge < -0.3 is 15.4 Å². The van der Waals surface area contributed by atoms with Crippen LogP contribution in [0.15, 0.2) is 18.3 Å². The number of fused-ring (bicyclic) bond motifs is 1. The molecule has 1 fully saturated rings. The third-order valence-electron chi connectivity index (χ3n) is 5.06. The van der Waals surface area contributed by atoms with E-state index < -0.39 is 0 Å². The molecule has 2 aromatic rings. The second-order valence-corrected chi connectivity index (χ2v) is 8.73. The van der Waals surface area contributed by atoms with E-state index in [-0.39, 0.29) is 23.0 Å². The quantitative estimate of drug-likeness (QED) is 0.845. The van der Waals surface area contributed by atoms with Gasteiger partial charge >= 0.3 is 0 Å². The third-order valence-corrected chi connectivity index (χ3v) is 5.06. The average Bonchev–Trinajstić information content (AvgIpc) is 2.91. The molecule has 0 unspecified atom stereocenters. The molecular formula is C21H32N4O2. The molecule has 1 aliphatic rings. The summed E-state index contributed by atoms with van der Waals surface area (Å²) in [5.41, 5.74) is 2.08. The van der Waals surface area contributed by atoms with Gasteiger partial charge in [-0.1, -0.05) is 6.92 Å². The Balaban J connectivity index is 1.92. The molecule has 1 amide bonds. The largest absolute Gasteiger partial charge is 0.490 e. The predicted octanol–water partition coefficient (Wildman–Crippen LogP) is 3.33. The molecule has 0 aromatic carbocycles. The van der Waals surface area contributed by atoms with Gasteiger partial charge in [0.1, 0.15) is 5.69 Å². The zero-order valence-corrected chi connectivity index (χ0v) is 17.3. The first-order chi connectivity index (χ1) is 12.7. The summed E-state index contributed by atoms with van der Waals surface area (Å²) in [7, 11) is 0. The highest BCUT2D eigenvalue weighted by Crippen LogP contribution is 2.29. The van der Waals surface area contributed by atoms with Crippen molar-refractivity contribution >= 4 is 11.6 Å². The fraction of sp³-hybridized carbons (Fsp3) is 0.619. The second kappa shape index (κ2) is 7.15. The lowest BCUT2D eigenvalue weighted by Crippen LogP contribution is -2.62. The Morgan fingerprint density at radius 3 is 2.56 bits per heavy atom. The Labute approximate surface area is 161 Å². The molecule has 2 N–H and O–H groups in total. The van der Waals surface area contributed by atoms with Crippen molar-refractivity contribution < 1.29 is 9.53 Å². The number of imidazole rings is 1. The Morgan fingerprint density at radius 1 is 1.30 bits per heavy atom. The van der Waals surface area contributed by atoms with Gasteiger partial charge in [-0.3, -0.25) is 9.20 Å². The van der Waals surface area contributed by atoms with Crippen LogP contribution < -0.4 is 15.4 Å². The smallest absolute Gasteiger partial charge is 0.270 e. The number of carbonyl (C=O) groups excluding carboxylic acids is 1. The first-order valence-corrected chi connectivity index (χ1v) is 9.88. The number of carbonyl (C=O) groups is 1. The number of hydrogen-bond donors (Lipinski definition) is 2. The molecule has 0 bridgehead atoms. The van der Waals surface area contributed by atoms with Crippen LogP contribution in [0.2, 0.25) is 0 Å². The van der Waals surface area contributed by atoms with E-state index in [1.165, 1.54) is 0 Å². The molecular weight excluding hydrogens is 340 g/mol. The first kappa shape index (κ1) is 19.7. The van der Waals surface area contributed by atoms with Gasteiger partial charge in [0.15, 0.2) is 11.4 Å².